The minimum absolute atomic E-state index is 0.122. The first kappa shape index (κ1) is 14.0. The number of hydrogen-bond donors (Lipinski definition) is 2. The molecule has 114 valence electrons. The molecule has 4 aromatic rings. The summed E-state index contributed by atoms with van der Waals surface area (Å²) in [5, 5.41) is 17.2. The molecule has 0 atom stereocenters. The predicted molar refractivity (Wildman–Crippen MR) is 86.3 cm³/mol. The molecular weight excluding hydrogens is 365 g/mol. The maximum Gasteiger partial charge on any atom is 0.412 e. The first-order chi connectivity index (χ1) is 11.1. The molecule has 4 rings (SSSR count). The number of aromatic hydroxyl groups is 1. The van der Waals surface area contributed by atoms with Crippen molar-refractivity contribution in [3.8, 4) is 28.8 Å². The summed E-state index contributed by atoms with van der Waals surface area (Å²) in [6.45, 7) is 0. The van der Waals surface area contributed by atoms with E-state index in [1.54, 1.807) is 6.07 Å². The molecule has 0 unspecified atom stereocenters. The van der Waals surface area contributed by atoms with E-state index in [0.717, 1.165) is 15.6 Å². The topological polar surface area (TPSA) is 74.9 Å². The van der Waals surface area contributed by atoms with Gasteiger partial charge in [0.05, 0.1) is 11.3 Å². The highest BCUT2D eigenvalue weighted by Gasteiger charge is 2.20. The van der Waals surface area contributed by atoms with Crippen molar-refractivity contribution in [2.45, 2.75) is 0 Å². The van der Waals surface area contributed by atoms with E-state index in [9.17, 15) is 9.50 Å². The van der Waals surface area contributed by atoms with Crippen LogP contribution < -0.4 is 0 Å². The average Bonchev–Trinajstić information content (AvgIpc) is 3.11. The van der Waals surface area contributed by atoms with E-state index in [-0.39, 0.29) is 11.7 Å². The zero-order valence-electron chi connectivity index (χ0n) is 11.5. The smallest absolute Gasteiger partial charge is 0.412 e. The molecule has 0 aliphatic rings. The summed E-state index contributed by atoms with van der Waals surface area (Å²) in [6, 6.07) is 12.0. The molecule has 0 aliphatic carbocycles. The van der Waals surface area contributed by atoms with E-state index in [4.69, 9.17) is 4.42 Å². The molecule has 7 heteroatoms. The fourth-order valence-electron chi connectivity index (χ4n) is 2.54. The normalized spacial score (nSPS) is 11.2. The second-order valence-electron chi connectivity index (χ2n) is 4.96. The molecule has 2 N–H and O–H groups in total. The Morgan fingerprint density at radius 3 is 2.57 bits per heavy atom. The third-order valence-electron chi connectivity index (χ3n) is 3.52. The molecule has 5 nitrogen and oxygen atoms in total. The molecule has 0 saturated carbocycles. The highest BCUT2D eigenvalue weighted by Crippen LogP contribution is 2.38. The standard InChI is InChI=1S/C16H9BrFN3O2/c17-9-3-1-8(2-4-9)14-13(15-20-21-16(22)23-15)11-7-10(18)5-6-12(11)19-14/h1-7,19H,(H,21,22). The fraction of sp³-hybridized carbons (Fsp3) is 0. The summed E-state index contributed by atoms with van der Waals surface area (Å²) in [7, 11) is 0. The molecule has 0 aliphatic heterocycles. The lowest BCUT2D eigenvalue weighted by molar-refractivity contribution is 0.320. The van der Waals surface area contributed by atoms with Crippen LogP contribution >= 0.6 is 15.9 Å². The molecule has 0 bridgehead atoms. The molecule has 0 amide bonds. The largest absolute Gasteiger partial charge is 0.465 e. The first-order valence-corrected chi connectivity index (χ1v) is 7.51. The van der Waals surface area contributed by atoms with Gasteiger partial charge in [-0.05, 0) is 35.9 Å². The Morgan fingerprint density at radius 1 is 1.09 bits per heavy atom. The van der Waals surface area contributed by atoms with Crippen molar-refractivity contribution in [2.24, 2.45) is 0 Å². The Hall–Kier alpha value is -2.67. The molecule has 2 heterocycles. The van der Waals surface area contributed by atoms with Crippen molar-refractivity contribution in [1.29, 1.82) is 0 Å². The van der Waals surface area contributed by atoms with Crippen molar-refractivity contribution >= 4 is 26.8 Å². The molecule has 0 fully saturated rings. The Bertz CT molecular complexity index is 1010. The fourth-order valence-corrected chi connectivity index (χ4v) is 2.80. The lowest BCUT2D eigenvalue weighted by Crippen LogP contribution is -1.83. The molecule has 0 saturated heterocycles. The third-order valence-corrected chi connectivity index (χ3v) is 4.05. The van der Waals surface area contributed by atoms with E-state index in [1.807, 2.05) is 24.3 Å². The minimum Gasteiger partial charge on any atom is -0.465 e. The summed E-state index contributed by atoms with van der Waals surface area (Å²) in [5.41, 5.74) is 2.87. The lowest BCUT2D eigenvalue weighted by atomic mass is 10.1. The van der Waals surface area contributed by atoms with Gasteiger partial charge in [-0.15, -0.1) is 5.10 Å². The van der Waals surface area contributed by atoms with Crippen molar-refractivity contribution in [3.63, 3.8) is 0 Å². The summed E-state index contributed by atoms with van der Waals surface area (Å²) < 4.78 is 19.8. The molecule has 2 aromatic heterocycles. The van der Waals surface area contributed by atoms with Crippen LogP contribution in [-0.2, 0) is 0 Å². The van der Waals surface area contributed by atoms with Crippen molar-refractivity contribution < 1.29 is 13.9 Å². The van der Waals surface area contributed by atoms with Crippen LogP contribution in [0.15, 0.2) is 51.4 Å². The number of halogens is 2. The predicted octanol–water partition coefficient (Wildman–Crippen LogP) is 4.49. The number of hydrogen-bond acceptors (Lipinski definition) is 4. The number of rotatable bonds is 2. The number of aromatic amines is 1. The van der Waals surface area contributed by atoms with Crippen molar-refractivity contribution in [1.82, 2.24) is 15.2 Å². The Morgan fingerprint density at radius 2 is 1.87 bits per heavy atom. The van der Waals surface area contributed by atoms with Crippen LogP contribution in [0, 0.1) is 5.82 Å². The van der Waals surface area contributed by atoms with Gasteiger partial charge in [-0.1, -0.05) is 33.2 Å². The second-order valence-corrected chi connectivity index (χ2v) is 5.88. The summed E-state index contributed by atoms with van der Waals surface area (Å²) in [5.74, 6) is -0.249. The van der Waals surface area contributed by atoms with Crippen LogP contribution in [0.5, 0.6) is 6.08 Å². The number of fused-ring (bicyclic) bond motifs is 1. The number of nitrogens with one attached hydrogen (secondary N) is 1. The highest BCUT2D eigenvalue weighted by atomic mass is 79.9. The Labute approximate surface area is 137 Å². The van der Waals surface area contributed by atoms with Crippen LogP contribution in [0.2, 0.25) is 0 Å². The zero-order valence-corrected chi connectivity index (χ0v) is 13.1. The van der Waals surface area contributed by atoms with Gasteiger partial charge in [-0.2, -0.15) is 0 Å². The summed E-state index contributed by atoms with van der Waals surface area (Å²) in [4.78, 5) is 3.24. The molecule has 0 radical (unpaired) electrons. The van der Waals surface area contributed by atoms with E-state index in [1.165, 1.54) is 12.1 Å². The maximum absolute atomic E-state index is 13.7. The van der Waals surface area contributed by atoms with Gasteiger partial charge in [0.15, 0.2) is 0 Å². The lowest BCUT2D eigenvalue weighted by Gasteiger charge is -2.02. The van der Waals surface area contributed by atoms with Gasteiger partial charge in [0.2, 0.25) is 0 Å². The van der Waals surface area contributed by atoms with Crippen LogP contribution in [0.1, 0.15) is 0 Å². The molecule has 2 aromatic carbocycles. The van der Waals surface area contributed by atoms with Gasteiger partial charge in [0, 0.05) is 15.4 Å². The minimum atomic E-state index is -0.535. The molecule has 23 heavy (non-hydrogen) atoms. The number of benzene rings is 2. The SMILES string of the molecule is Oc1nnc(-c2c(-c3ccc(Br)cc3)[nH]c3ccc(F)cc23)o1. The van der Waals surface area contributed by atoms with E-state index in [2.05, 4.69) is 31.1 Å². The van der Waals surface area contributed by atoms with Gasteiger partial charge < -0.3 is 14.5 Å². The highest BCUT2D eigenvalue weighted by molar-refractivity contribution is 9.10. The molecular formula is C16H9BrFN3O2. The Kier molecular flexibility index (Phi) is 3.16. The zero-order chi connectivity index (χ0) is 16.0. The van der Waals surface area contributed by atoms with Gasteiger partial charge >= 0.3 is 6.08 Å². The summed E-state index contributed by atoms with van der Waals surface area (Å²) in [6.07, 6.45) is -0.535. The van der Waals surface area contributed by atoms with Crippen LogP contribution in [0.4, 0.5) is 4.39 Å². The average molecular weight is 374 g/mol. The number of aromatic nitrogens is 3. The summed E-state index contributed by atoms with van der Waals surface area (Å²) >= 11 is 3.40. The van der Waals surface area contributed by atoms with Crippen molar-refractivity contribution in [2.75, 3.05) is 0 Å². The van der Waals surface area contributed by atoms with Crippen molar-refractivity contribution in [3.05, 3.63) is 52.8 Å². The van der Waals surface area contributed by atoms with Crippen LogP contribution in [0.3, 0.4) is 0 Å². The first-order valence-electron chi connectivity index (χ1n) is 6.72. The quantitative estimate of drug-likeness (QED) is 0.542. The third kappa shape index (κ3) is 2.39. The van der Waals surface area contributed by atoms with Crippen LogP contribution in [-0.4, -0.2) is 20.3 Å². The second kappa shape index (κ2) is 5.20. The van der Waals surface area contributed by atoms with E-state index < -0.39 is 6.08 Å². The molecule has 0 spiro atoms. The maximum atomic E-state index is 13.7. The monoisotopic (exact) mass is 373 g/mol. The Balaban J connectivity index is 2.05. The van der Waals surface area contributed by atoms with E-state index in [0.29, 0.717) is 16.6 Å². The number of nitrogens with zero attached hydrogens (tertiary/aromatic N) is 2. The van der Waals surface area contributed by atoms with Gasteiger partial charge in [-0.25, -0.2) is 4.39 Å². The van der Waals surface area contributed by atoms with Crippen LogP contribution in [0.25, 0.3) is 33.6 Å². The van der Waals surface area contributed by atoms with Gasteiger partial charge in [-0.3, -0.25) is 0 Å². The van der Waals surface area contributed by atoms with Gasteiger partial charge in [0.1, 0.15) is 5.82 Å². The van der Waals surface area contributed by atoms with Gasteiger partial charge in [0.25, 0.3) is 5.89 Å². The number of H-pyrrole nitrogens is 1. The van der Waals surface area contributed by atoms with E-state index >= 15 is 0 Å².